The summed E-state index contributed by atoms with van der Waals surface area (Å²) in [5.74, 6) is -0.597. The van der Waals surface area contributed by atoms with Gasteiger partial charge in [0.1, 0.15) is 18.2 Å². The second kappa shape index (κ2) is 8.02. The van der Waals surface area contributed by atoms with Gasteiger partial charge in [-0.05, 0) is 32.4 Å². The summed E-state index contributed by atoms with van der Waals surface area (Å²) in [6.07, 6.45) is 0.00871. The van der Waals surface area contributed by atoms with E-state index in [9.17, 15) is 9.59 Å². The fourth-order valence-corrected chi connectivity index (χ4v) is 2.56. The lowest BCUT2D eigenvalue weighted by Crippen LogP contribution is -2.39. The van der Waals surface area contributed by atoms with E-state index in [0.29, 0.717) is 11.4 Å². The van der Waals surface area contributed by atoms with Crippen molar-refractivity contribution in [1.82, 2.24) is 0 Å². The van der Waals surface area contributed by atoms with Gasteiger partial charge < -0.3 is 23.8 Å². The van der Waals surface area contributed by atoms with Gasteiger partial charge in [-0.1, -0.05) is 6.07 Å². The predicted octanol–water partition coefficient (Wildman–Crippen LogP) is 2.18. The standard InChI is InChI=1S/C18H23NO6/c1-11(2)25-13-7-6-12(3)15(8-13)19-10-24-9-14(17(20)22-4)16(19)18(21)23-5/h6-8,11H,9-10H2,1-5H3. The molecule has 1 aliphatic heterocycles. The van der Waals surface area contributed by atoms with E-state index in [2.05, 4.69) is 0 Å². The molecular weight excluding hydrogens is 326 g/mol. The minimum atomic E-state index is -0.627. The van der Waals surface area contributed by atoms with Crippen molar-refractivity contribution >= 4 is 17.6 Å². The number of carbonyl (C=O) groups excluding carboxylic acids is 2. The summed E-state index contributed by atoms with van der Waals surface area (Å²) in [6.45, 7) is 5.85. The van der Waals surface area contributed by atoms with Crippen molar-refractivity contribution in [3.63, 3.8) is 0 Å². The number of aryl methyl sites for hydroxylation is 1. The molecule has 0 spiro atoms. The molecule has 7 nitrogen and oxygen atoms in total. The van der Waals surface area contributed by atoms with Gasteiger partial charge in [0.2, 0.25) is 0 Å². The molecule has 2 rings (SSSR count). The molecule has 0 aliphatic carbocycles. The SMILES string of the molecule is COC(=O)C1=C(C(=O)OC)N(c2cc(OC(C)C)ccc2C)COC1. The molecule has 1 heterocycles. The fourth-order valence-electron chi connectivity index (χ4n) is 2.56. The maximum atomic E-state index is 12.3. The van der Waals surface area contributed by atoms with Crippen LogP contribution in [0.2, 0.25) is 0 Å². The molecule has 0 radical (unpaired) electrons. The Morgan fingerprint density at radius 3 is 2.44 bits per heavy atom. The lowest BCUT2D eigenvalue weighted by atomic mass is 10.1. The highest BCUT2D eigenvalue weighted by atomic mass is 16.5. The number of ether oxygens (including phenoxy) is 4. The molecule has 136 valence electrons. The Morgan fingerprint density at radius 2 is 1.84 bits per heavy atom. The summed E-state index contributed by atoms with van der Waals surface area (Å²) >= 11 is 0. The predicted molar refractivity (Wildman–Crippen MR) is 91.3 cm³/mol. The van der Waals surface area contributed by atoms with Crippen LogP contribution < -0.4 is 9.64 Å². The number of esters is 2. The van der Waals surface area contributed by atoms with E-state index in [1.54, 1.807) is 4.90 Å². The number of benzene rings is 1. The summed E-state index contributed by atoms with van der Waals surface area (Å²) < 4.78 is 20.9. The summed E-state index contributed by atoms with van der Waals surface area (Å²) in [5.41, 5.74) is 1.83. The molecule has 1 aromatic carbocycles. The first kappa shape index (κ1) is 18.8. The van der Waals surface area contributed by atoms with E-state index in [1.165, 1.54) is 14.2 Å². The lowest BCUT2D eigenvalue weighted by molar-refractivity contribution is -0.140. The van der Waals surface area contributed by atoms with Crippen LogP contribution in [0.25, 0.3) is 0 Å². The summed E-state index contributed by atoms with van der Waals surface area (Å²) in [7, 11) is 2.52. The molecule has 25 heavy (non-hydrogen) atoms. The van der Waals surface area contributed by atoms with Crippen LogP contribution in [0.1, 0.15) is 19.4 Å². The van der Waals surface area contributed by atoms with Crippen molar-refractivity contribution in [3.8, 4) is 5.75 Å². The van der Waals surface area contributed by atoms with Crippen LogP contribution in [0.5, 0.6) is 5.75 Å². The number of anilines is 1. The quantitative estimate of drug-likeness (QED) is 0.754. The molecule has 0 amide bonds. The number of carbonyl (C=O) groups is 2. The lowest BCUT2D eigenvalue weighted by Gasteiger charge is -2.32. The first-order chi connectivity index (χ1) is 11.9. The number of nitrogens with zero attached hydrogens (tertiary/aromatic N) is 1. The van der Waals surface area contributed by atoms with Crippen LogP contribution in [-0.4, -0.2) is 45.6 Å². The number of hydrogen-bond acceptors (Lipinski definition) is 7. The topological polar surface area (TPSA) is 74.3 Å². The zero-order chi connectivity index (χ0) is 18.6. The summed E-state index contributed by atoms with van der Waals surface area (Å²) in [4.78, 5) is 26.0. The van der Waals surface area contributed by atoms with Crippen molar-refractivity contribution in [3.05, 3.63) is 35.0 Å². The van der Waals surface area contributed by atoms with Crippen molar-refractivity contribution in [2.24, 2.45) is 0 Å². The van der Waals surface area contributed by atoms with Gasteiger partial charge in [0.15, 0.2) is 0 Å². The molecule has 0 N–H and O–H groups in total. The van der Waals surface area contributed by atoms with Crippen LogP contribution in [0.3, 0.4) is 0 Å². The summed E-state index contributed by atoms with van der Waals surface area (Å²) in [6, 6.07) is 5.54. The highest BCUT2D eigenvalue weighted by molar-refractivity contribution is 6.03. The molecular formula is C18H23NO6. The number of rotatable bonds is 5. The first-order valence-electron chi connectivity index (χ1n) is 7.91. The average molecular weight is 349 g/mol. The molecule has 0 saturated heterocycles. The second-order valence-electron chi connectivity index (χ2n) is 5.83. The number of methoxy groups -OCH3 is 2. The van der Waals surface area contributed by atoms with E-state index in [0.717, 1.165) is 5.56 Å². The Bertz CT molecular complexity index is 695. The third-order valence-corrected chi connectivity index (χ3v) is 3.68. The van der Waals surface area contributed by atoms with E-state index < -0.39 is 11.9 Å². The van der Waals surface area contributed by atoms with Gasteiger partial charge in [0, 0.05) is 6.07 Å². The molecule has 1 aromatic rings. The highest BCUT2D eigenvalue weighted by Crippen LogP contribution is 2.32. The van der Waals surface area contributed by atoms with Crippen molar-refractivity contribution in [2.75, 3.05) is 32.5 Å². The molecule has 0 fully saturated rings. The van der Waals surface area contributed by atoms with Crippen LogP contribution in [0.4, 0.5) is 5.69 Å². The average Bonchev–Trinajstić information content (AvgIpc) is 2.60. The fraction of sp³-hybridized carbons (Fsp3) is 0.444. The van der Waals surface area contributed by atoms with Crippen LogP contribution in [0, 0.1) is 6.92 Å². The minimum Gasteiger partial charge on any atom is -0.491 e. The zero-order valence-electron chi connectivity index (χ0n) is 15.1. The Kier molecular flexibility index (Phi) is 6.03. The molecule has 0 atom stereocenters. The molecule has 0 aromatic heterocycles. The van der Waals surface area contributed by atoms with E-state index in [-0.39, 0.29) is 30.7 Å². The van der Waals surface area contributed by atoms with Gasteiger partial charge in [-0.2, -0.15) is 0 Å². The highest BCUT2D eigenvalue weighted by Gasteiger charge is 2.33. The molecule has 0 saturated carbocycles. The maximum absolute atomic E-state index is 12.3. The smallest absolute Gasteiger partial charge is 0.355 e. The van der Waals surface area contributed by atoms with Crippen molar-refractivity contribution in [1.29, 1.82) is 0 Å². The molecule has 1 aliphatic rings. The van der Waals surface area contributed by atoms with Crippen LogP contribution in [0.15, 0.2) is 29.5 Å². The van der Waals surface area contributed by atoms with Gasteiger partial charge in [-0.15, -0.1) is 0 Å². The van der Waals surface area contributed by atoms with Crippen LogP contribution in [-0.2, 0) is 23.8 Å². The van der Waals surface area contributed by atoms with Gasteiger partial charge in [-0.25, -0.2) is 9.59 Å². The van der Waals surface area contributed by atoms with Gasteiger partial charge in [0.05, 0.1) is 38.2 Å². The molecule has 7 heteroatoms. The maximum Gasteiger partial charge on any atom is 0.355 e. The monoisotopic (exact) mass is 349 g/mol. The minimum absolute atomic E-state index is 0.00871. The Labute approximate surface area is 147 Å². The summed E-state index contributed by atoms with van der Waals surface area (Å²) in [5, 5.41) is 0. The Hall–Kier alpha value is -2.54. The molecule has 0 unspecified atom stereocenters. The molecule has 0 bridgehead atoms. The largest absolute Gasteiger partial charge is 0.491 e. The van der Waals surface area contributed by atoms with Gasteiger partial charge in [0.25, 0.3) is 0 Å². The third kappa shape index (κ3) is 4.11. The van der Waals surface area contributed by atoms with E-state index in [1.807, 2.05) is 39.0 Å². The normalized spacial score (nSPS) is 14.6. The first-order valence-corrected chi connectivity index (χ1v) is 7.91. The van der Waals surface area contributed by atoms with Gasteiger partial charge in [-0.3, -0.25) is 0 Å². The second-order valence-corrected chi connectivity index (χ2v) is 5.83. The van der Waals surface area contributed by atoms with Crippen LogP contribution >= 0.6 is 0 Å². The van der Waals surface area contributed by atoms with Crippen molar-refractivity contribution in [2.45, 2.75) is 26.9 Å². The van der Waals surface area contributed by atoms with E-state index >= 15 is 0 Å². The zero-order valence-corrected chi connectivity index (χ0v) is 15.1. The third-order valence-electron chi connectivity index (χ3n) is 3.68. The Morgan fingerprint density at radius 1 is 1.16 bits per heavy atom. The van der Waals surface area contributed by atoms with Crippen molar-refractivity contribution < 1.29 is 28.5 Å². The van der Waals surface area contributed by atoms with E-state index in [4.69, 9.17) is 18.9 Å². The Balaban J connectivity index is 2.55. The van der Waals surface area contributed by atoms with Gasteiger partial charge >= 0.3 is 11.9 Å². The number of hydrogen-bond donors (Lipinski definition) is 0.